The molecule has 0 saturated carbocycles. The molecule has 0 spiro atoms. The van der Waals surface area contributed by atoms with Gasteiger partial charge >= 0.3 is 0 Å². The summed E-state index contributed by atoms with van der Waals surface area (Å²) < 4.78 is 5.83. The molecule has 1 N–H and O–H groups in total. The molecule has 1 aromatic carbocycles. The maximum Gasteiger partial charge on any atom is 0.253 e. The Balaban J connectivity index is 1.52. The monoisotopic (exact) mass is 396 g/mol. The van der Waals surface area contributed by atoms with Crippen LogP contribution in [0.5, 0.6) is 5.75 Å². The van der Waals surface area contributed by atoms with E-state index in [9.17, 15) is 9.59 Å². The van der Waals surface area contributed by atoms with Crippen LogP contribution < -0.4 is 15.0 Å². The van der Waals surface area contributed by atoms with E-state index < -0.39 is 0 Å². The molecule has 1 aromatic heterocycles. The zero-order valence-electron chi connectivity index (χ0n) is 17.2. The lowest BCUT2D eigenvalue weighted by atomic mass is 10.1. The number of hydrogen-bond acceptors (Lipinski definition) is 5. The van der Waals surface area contributed by atoms with Crippen LogP contribution in [0.3, 0.4) is 0 Å². The van der Waals surface area contributed by atoms with E-state index in [0.717, 1.165) is 24.3 Å². The van der Waals surface area contributed by atoms with Crippen molar-refractivity contribution in [2.24, 2.45) is 0 Å². The number of pyridine rings is 1. The van der Waals surface area contributed by atoms with Crippen LogP contribution in [0.15, 0.2) is 42.7 Å². The summed E-state index contributed by atoms with van der Waals surface area (Å²) in [6, 6.07) is 9.29. The van der Waals surface area contributed by atoms with Gasteiger partial charge in [-0.25, -0.2) is 0 Å². The van der Waals surface area contributed by atoms with E-state index in [1.165, 1.54) is 5.56 Å². The maximum absolute atomic E-state index is 12.4. The number of likely N-dealkylation sites (N-methyl/N-ethyl adjacent to an activating group) is 1. The number of anilines is 1. The summed E-state index contributed by atoms with van der Waals surface area (Å²) >= 11 is 0. The molecule has 2 heterocycles. The van der Waals surface area contributed by atoms with Crippen molar-refractivity contribution in [3.63, 3.8) is 0 Å². The minimum atomic E-state index is -0.0782. The molecule has 1 atom stereocenters. The molecular formula is C22H28N4O3. The summed E-state index contributed by atoms with van der Waals surface area (Å²) in [6.45, 7) is 1.07. The van der Waals surface area contributed by atoms with Gasteiger partial charge in [-0.3, -0.25) is 14.6 Å². The van der Waals surface area contributed by atoms with Crippen LogP contribution in [0.25, 0.3) is 0 Å². The van der Waals surface area contributed by atoms with E-state index >= 15 is 0 Å². The lowest BCUT2D eigenvalue weighted by Gasteiger charge is -2.35. The molecule has 0 saturated heterocycles. The summed E-state index contributed by atoms with van der Waals surface area (Å²) in [7, 11) is 5.39. The highest BCUT2D eigenvalue weighted by Crippen LogP contribution is 2.34. The first kappa shape index (κ1) is 20.6. The third-order valence-electron chi connectivity index (χ3n) is 5.08. The number of benzene rings is 1. The third kappa shape index (κ3) is 5.25. The molecule has 1 unspecified atom stereocenters. The molecule has 2 aromatic rings. The summed E-state index contributed by atoms with van der Waals surface area (Å²) in [6.07, 6.45) is 5.70. The average molecular weight is 396 g/mol. The smallest absolute Gasteiger partial charge is 0.253 e. The predicted octanol–water partition coefficient (Wildman–Crippen LogP) is 2.12. The van der Waals surface area contributed by atoms with Crippen molar-refractivity contribution in [2.75, 3.05) is 39.2 Å². The molecule has 1 aliphatic rings. The van der Waals surface area contributed by atoms with E-state index in [4.69, 9.17) is 4.74 Å². The molecule has 7 nitrogen and oxygen atoms in total. The number of rotatable bonds is 7. The van der Waals surface area contributed by atoms with Gasteiger partial charge in [0.1, 0.15) is 12.4 Å². The zero-order chi connectivity index (χ0) is 20.8. The molecule has 154 valence electrons. The summed E-state index contributed by atoms with van der Waals surface area (Å²) in [5.74, 6) is 0.672. The Morgan fingerprint density at radius 1 is 1.31 bits per heavy atom. The largest absolute Gasteiger partial charge is 0.489 e. The Bertz CT molecular complexity index is 854. The fourth-order valence-corrected chi connectivity index (χ4v) is 3.35. The Hall–Kier alpha value is -3.09. The summed E-state index contributed by atoms with van der Waals surface area (Å²) in [5, 5.41) is 2.99. The van der Waals surface area contributed by atoms with Gasteiger partial charge < -0.3 is 19.9 Å². The molecule has 0 fully saturated rings. The predicted molar refractivity (Wildman–Crippen MR) is 112 cm³/mol. The number of aryl methyl sites for hydroxylation is 1. The fraction of sp³-hybridized carbons (Fsp3) is 0.409. The molecule has 2 amide bonds. The minimum Gasteiger partial charge on any atom is -0.489 e. The second-order valence-corrected chi connectivity index (χ2v) is 7.48. The van der Waals surface area contributed by atoms with Crippen molar-refractivity contribution < 1.29 is 14.3 Å². The van der Waals surface area contributed by atoms with Crippen LogP contribution in [0, 0.1) is 0 Å². The van der Waals surface area contributed by atoms with E-state index in [-0.39, 0.29) is 17.9 Å². The Morgan fingerprint density at radius 3 is 2.86 bits per heavy atom. The van der Waals surface area contributed by atoms with Gasteiger partial charge in [0.15, 0.2) is 0 Å². The first-order chi connectivity index (χ1) is 14.0. The van der Waals surface area contributed by atoms with Crippen LogP contribution in [0.2, 0.25) is 0 Å². The Kier molecular flexibility index (Phi) is 6.69. The molecule has 0 bridgehead atoms. The molecule has 7 heteroatoms. The number of ether oxygens (including phenoxy) is 1. The number of nitrogens with zero attached hydrogens (tertiary/aromatic N) is 3. The summed E-state index contributed by atoms with van der Waals surface area (Å²) in [5.41, 5.74) is 2.60. The van der Waals surface area contributed by atoms with Crippen molar-refractivity contribution >= 4 is 17.5 Å². The van der Waals surface area contributed by atoms with Gasteiger partial charge in [0.25, 0.3) is 5.91 Å². The molecule has 3 rings (SSSR count). The van der Waals surface area contributed by atoms with E-state index in [1.807, 2.05) is 42.4 Å². The second-order valence-electron chi connectivity index (χ2n) is 7.48. The highest BCUT2D eigenvalue weighted by atomic mass is 16.5. The van der Waals surface area contributed by atoms with Crippen molar-refractivity contribution in [2.45, 2.75) is 25.3 Å². The Labute approximate surface area is 171 Å². The van der Waals surface area contributed by atoms with E-state index in [1.54, 1.807) is 31.3 Å². The van der Waals surface area contributed by atoms with Crippen LogP contribution in [-0.4, -0.2) is 62.0 Å². The number of amides is 2. The first-order valence-electron chi connectivity index (χ1n) is 9.82. The van der Waals surface area contributed by atoms with Gasteiger partial charge in [-0.1, -0.05) is 6.07 Å². The molecule has 0 aliphatic carbocycles. The number of carbonyl (C=O) groups excluding carboxylic acids is 2. The third-order valence-corrected chi connectivity index (χ3v) is 5.08. The molecule has 29 heavy (non-hydrogen) atoms. The van der Waals surface area contributed by atoms with E-state index in [0.29, 0.717) is 25.1 Å². The molecule has 1 aliphatic heterocycles. The van der Waals surface area contributed by atoms with Gasteiger partial charge in [-0.2, -0.15) is 0 Å². The van der Waals surface area contributed by atoms with Gasteiger partial charge in [0, 0.05) is 45.6 Å². The number of nitrogens with one attached hydrogen (secondary N) is 1. The van der Waals surface area contributed by atoms with Crippen LogP contribution in [0.1, 0.15) is 28.8 Å². The second kappa shape index (κ2) is 9.41. The van der Waals surface area contributed by atoms with Gasteiger partial charge in [-0.05, 0) is 42.7 Å². The Morgan fingerprint density at radius 2 is 2.14 bits per heavy atom. The highest BCUT2D eigenvalue weighted by Gasteiger charge is 2.27. The summed E-state index contributed by atoms with van der Waals surface area (Å²) in [4.78, 5) is 32.3. The first-order valence-corrected chi connectivity index (χ1v) is 9.82. The standard InChI is InChI=1S/C22H28N4O3/c1-25(2)22(28)17-8-9-20-19(12-17)26(3)18(15-29-20)13-21(27)24-11-5-7-16-6-4-10-23-14-16/h4,6,8-10,12,14,18H,5,7,11,13,15H2,1-3H3,(H,24,27). The number of hydrogen-bond donors (Lipinski definition) is 1. The number of fused-ring (bicyclic) bond motifs is 1. The lowest BCUT2D eigenvalue weighted by molar-refractivity contribution is -0.121. The number of aromatic nitrogens is 1. The van der Waals surface area contributed by atoms with E-state index in [2.05, 4.69) is 10.3 Å². The normalized spacial score (nSPS) is 15.3. The average Bonchev–Trinajstić information content (AvgIpc) is 2.73. The fourth-order valence-electron chi connectivity index (χ4n) is 3.35. The molecular weight excluding hydrogens is 368 g/mol. The van der Waals surface area contributed by atoms with Crippen molar-refractivity contribution in [3.8, 4) is 5.75 Å². The maximum atomic E-state index is 12.4. The van der Waals surface area contributed by atoms with Crippen LogP contribution in [0.4, 0.5) is 5.69 Å². The topological polar surface area (TPSA) is 74.8 Å². The van der Waals surface area contributed by atoms with Crippen LogP contribution in [-0.2, 0) is 11.2 Å². The van der Waals surface area contributed by atoms with Crippen molar-refractivity contribution in [3.05, 3.63) is 53.9 Å². The van der Waals surface area contributed by atoms with Gasteiger partial charge in [0.05, 0.1) is 18.2 Å². The lowest BCUT2D eigenvalue weighted by Crippen LogP contribution is -2.44. The van der Waals surface area contributed by atoms with Crippen molar-refractivity contribution in [1.29, 1.82) is 0 Å². The quantitative estimate of drug-likeness (QED) is 0.726. The number of carbonyl (C=O) groups is 2. The minimum absolute atomic E-state index is 0.000564. The van der Waals surface area contributed by atoms with Crippen molar-refractivity contribution in [1.82, 2.24) is 15.2 Å². The van der Waals surface area contributed by atoms with Crippen LogP contribution >= 0.6 is 0 Å². The zero-order valence-corrected chi connectivity index (χ0v) is 17.2. The highest BCUT2D eigenvalue weighted by molar-refractivity contribution is 5.95. The van der Waals surface area contributed by atoms with Gasteiger partial charge in [0.2, 0.25) is 5.91 Å². The molecule has 0 radical (unpaired) electrons. The SMILES string of the molecule is CN(C)C(=O)c1ccc2c(c1)N(C)C(CC(=O)NCCCc1cccnc1)CO2. The van der Waals surface area contributed by atoms with Gasteiger partial charge in [-0.15, -0.1) is 0 Å².